The van der Waals surface area contributed by atoms with E-state index in [9.17, 15) is 27.6 Å². The monoisotopic (exact) mass is 717 g/mol. The third kappa shape index (κ3) is 14.0. The summed E-state index contributed by atoms with van der Waals surface area (Å²) in [6, 6.07) is 0. The maximum Gasteiger partial charge on any atom is 0.471 e. The predicted octanol–water partition coefficient (Wildman–Crippen LogP) is 4.75. The number of rotatable bonds is 17. The Morgan fingerprint density at radius 3 is 2.37 bits per heavy atom. The Balaban J connectivity index is 2.93. The summed E-state index contributed by atoms with van der Waals surface area (Å²) >= 11 is 0. The van der Waals surface area contributed by atoms with Crippen molar-refractivity contribution >= 4 is 37.8 Å². The number of hydrogen-bond donors (Lipinski definition) is 2. The van der Waals surface area contributed by atoms with Crippen LogP contribution in [-0.2, 0) is 34.8 Å². The van der Waals surface area contributed by atoms with E-state index in [2.05, 4.69) is 50.1 Å². The number of halogens is 3. The van der Waals surface area contributed by atoms with Gasteiger partial charge in [0.2, 0.25) is 0 Å². The molecular weight excluding hydrogens is 672 g/mol. The van der Waals surface area contributed by atoms with E-state index in [0.717, 1.165) is 0 Å². The molecule has 0 saturated heterocycles. The number of ether oxygens (including phenoxy) is 2. The summed E-state index contributed by atoms with van der Waals surface area (Å²) in [4.78, 5) is 48.6. The Morgan fingerprint density at radius 2 is 1.80 bits per heavy atom. The number of carbonyl (C=O) groups excluding carboxylic acids is 1. The van der Waals surface area contributed by atoms with Gasteiger partial charge < -0.3 is 23.9 Å². The summed E-state index contributed by atoms with van der Waals surface area (Å²) in [6.07, 6.45) is 2.12. The van der Waals surface area contributed by atoms with Gasteiger partial charge in [0.15, 0.2) is 11.4 Å². The standard InChI is InChI=1S/C29H46F3N3O8S3/c1-11-41-28(7,19-42-46(9,10)26(2,3)4)22(43-39-8)14-15-35-17-21(23(36)34-25(35)38)13-12-16-40-20-44-45-27(5,6)18-33-24(37)29(30,31)32/h14,17H,11,15-16,18-20H2,1-10H3,(H,33,37)(H,34,36,38)/b22-14+. The van der Waals surface area contributed by atoms with E-state index in [-0.39, 0.29) is 48.3 Å². The lowest BCUT2D eigenvalue weighted by Crippen LogP contribution is -2.42. The molecule has 17 heteroatoms. The lowest BCUT2D eigenvalue weighted by molar-refractivity contribution is -0.262. The number of nitrogens with one attached hydrogen (secondary N) is 2. The molecule has 1 rings (SSSR count). The third-order valence-corrected chi connectivity index (χ3v) is 13.1. The van der Waals surface area contributed by atoms with Crippen molar-refractivity contribution in [3.8, 4) is 11.8 Å². The van der Waals surface area contributed by atoms with Crippen molar-refractivity contribution < 1.29 is 41.4 Å². The number of carbonyl (C=O) groups is 1. The molecule has 1 heterocycles. The number of aromatic amines is 1. The molecule has 0 aliphatic rings. The third-order valence-electron chi connectivity index (χ3n) is 6.49. The average Bonchev–Trinajstić information content (AvgIpc) is 2.93. The van der Waals surface area contributed by atoms with E-state index in [0.29, 0.717) is 6.61 Å². The molecule has 1 atom stereocenters. The molecule has 1 amide bonds. The van der Waals surface area contributed by atoms with Gasteiger partial charge in [0.05, 0.1) is 13.7 Å². The Hall–Kier alpha value is -2.07. The van der Waals surface area contributed by atoms with Crippen LogP contribution in [-0.4, -0.2) is 88.7 Å². The summed E-state index contributed by atoms with van der Waals surface area (Å²) in [5.74, 6) is 3.82. The smallest absolute Gasteiger partial charge is 0.365 e. The Kier molecular flexibility index (Phi) is 16.3. The quantitative estimate of drug-likeness (QED) is 0.0443. The van der Waals surface area contributed by atoms with Gasteiger partial charge in [-0.05, 0) is 46.3 Å². The summed E-state index contributed by atoms with van der Waals surface area (Å²) in [7, 11) is 2.33. The lowest BCUT2D eigenvalue weighted by Gasteiger charge is -2.45. The normalized spacial score (nSPS) is 14.7. The second kappa shape index (κ2) is 17.9. The Bertz CT molecular complexity index is 1360. The van der Waals surface area contributed by atoms with Crippen molar-refractivity contribution in [1.29, 1.82) is 0 Å². The molecule has 0 saturated carbocycles. The highest BCUT2D eigenvalue weighted by atomic mass is 33.1. The highest BCUT2D eigenvalue weighted by Crippen LogP contribution is 2.54. The van der Waals surface area contributed by atoms with E-state index in [1.54, 1.807) is 26.8 Å². The van der Waals surface area contributed by atoms with Gasteiger partial charge in [-0.25, -0.2) is 4.79 Å². The van der Waals surface area contributed by atoms with Crippen molar-refractivity contribution in [2.45, 2.75) is 76.3 Å². The van der Waals surface area contributed by atoms with Crippen LogP contribution in [0.25, 0.3) is 0 Å². The van der Waals surface area contributed by atoms with Crippen molar-refractivity contribution in [3.05, 3.63) is 44.4 Å². The van der Waals surface area contributed by atoms with Gasteiger partial charge in [0.1, 0.15) is 18.1 Å². The zero-order valence-electron chi connectivity index (χ0n) is 28.0. The lowest BCUT2D eigenvalue weighted by atomic mass is 10.0. The molecule has 264 valence electrons. The van der Waals surface area contributed by atoms with Crippen LogP contribution >= 0.6 is 31.9 Å². The van der Waals surface area contributed by atoms with Crippen LogP contribution in [0.2, 0.25) is 0 Å². The summed E-state index contributed by atoms with van der Waals surface area (Å²) in [5, 5.41) is 1.86. The fourth-order valence-corrected chi connectivity index (χ4v) is 6.15. The maximum absolute atomic E-state index is 12.6. The molecule has 1 aromatic rings. The number of amides is 1. The van der Waals surface area contributed by atoms with Crippen LogP contribution in [0.15, 0.2) is 27.6 Å². The van der Waals surface area contributed by atoms with Crippen molar-refractivity contribution in [2.24, 2.45) is 0 Å². The van der Waals surface area contributed by atoms with Crippen molar-refractivity contribution in [3.63, 3.8) is 0 Å². The van der Waals surface area contributed by atoms with E-state index < -0.39 is 44.0 Å². The Morgan fingerprint density at radius 1 is 1.15 bits per heavy atom. The maximum atomic E-state index is 12.6. The van der Waals surface area contributed by atoms with E-state index in [1.165, 1.54) is 39.5 Å². The highest BCUT2D eigenvalue weighted by Gasteiger charge is 2.39. The van der Waals surface area contributed by atoms with Crippen LogP contribution < -0.4 is 16.6 Å². The zero-order chi connectivity index (χ0) is 35.4. The molecule has 1 unspecified atom stereocenters. The van der Waals surface area contributed by atoms with E-state index in [1.807, 2.05) is 12.2 Å². The molecule has 2 N–H and O–H groups in total. The van der Waals surface area contributed by atoms with E-state index >= 15 is 0 Å². The fraction of sp³-hybridized carbons (Fsp3) is 0.690. The van der Waals surface area contributed by atoms with E-state index in [4.69, 9.17) is 23.4 Å². The molecular formula is C29H46F3N3O8S3. The first-order valence-corrected chi connectivity index (χ1v) is 18.8. The summed E-state index contributed by atoms with van der Waals surface area (Å²) < 4.78 is 55.4. The molecule has 0 bridgehead atoms. The summed E-state index contributed by atoms with van der Waals surface area (Å²) in [5.41, 5.74) is -2.34. The number of nitrogens with zero attached hydrogens (tertiary/aromatic N) is 1. The molecule has 0 aromatic carbocycles. The second-order valence-electron chi connectivity index (χ2n) is 12.0. The SMILES string of the molecule is CCOC(C)(COS(C)(C)C(C)(C)C)/C(=C\Cn1cc(C#CCOCSSC(C)(C)CNC(=O)C(F)(F)F)c(=O)[nH]c1=O)OOC. The number of hydrogen-bond acceptors (Lipinski definition) is 10. The number of H-pyrrole nitrogens is 1. The molecule has 0 radical (unpaired) electrons. The summed E-state index contributed by atoms with van der Waals surface area (Å²) in [6.45, 7) is 13.6. The van der Waals surface area contributed by atoms with Crippen molar-refractivity contribution in [1.82, 2.24) is 14.9 Å². The van der Waals surface area contributed by atoms with Crippen LogP contribution in [0, 0.1) is 11.8 Å². The number of alkyl halides is 3. The molecule has 0 fully saturated rings. The molecule has 0 aliphatic heterocycles. The minimum Gasteiger partial charge on any atom is -0.365 e. The molecule has 1 aromatic heterocycles. The van der Waals surface area contributed by atoms with Gasteiger partial charge in [-0.2, -0.15) is 18.1 Å². The molecule has 0 aliphatic carbocycles. The van der Waals surface area contributed by atoms with Crippen LogP contribution in [0.3, 0.4) is 0 Å². The first kappa shape index (κ1) is 42.0. The van der Waals surface area contributed by atoms with Gasteiger partial charge in [-0.3, -0.25) is 19.1 Å². The fourth-order valence-electron chi connectivity index (χ4n) is 3.15. The van der Waals surface area contributed by atoms with Gasteiger partial charge in [0.25, 0.3) is 5.56 Å². The highest BCUT2D eigenvalue weighted by molar-refractivity contribution is 8.77. The van der Waals surface area contributed by atoms with Crippen molar-refractivity contribution in [2.75, 3.05) is 51.9 Å². The Labute approximate surface area is 277 Å². The van der Waals surface area contributed by atoms with Crippen LogP contribution in [0.5, 0.6) is 0 Å². The van der Waals surface area contributed by atoms with Gasteiger partial charge in [-0.15, -0.1) is 10.3 Å². The zero-order valence-corrected chi connectivity index (χ0v) is 30.4. The topological polar surface area (TPSA) is 130 Å². The van der Waals surface area contributed by atoms with Crippen LogP contribution in [0.4, 0.5) is 13.2 Å². The molecule has 46 heavy (non-hydrogen) atoms. The minimum absolute atomic E-state index is 0.00918. The van der Waals surface area contributed by atoms with Gasteiger partial charge in [0, 0.05) is 35.4 Å². The first-order valence-electron chi connectivity index (χ1n) is 14.1. The first-order chi connectivity index (χ1) is 21.1. The largest absolute Gasteiger partial charge is 0.471 e. The average molecular weight is 718 g/mol. The minimum atomic E-state index is -4.94. The predicted molar refractivity (Wildman–Crippen MR) is 179 cm³/mol. The molecule has 11 nitrogen and oxygen atoms in total. The van der Waals surface area contributed by atoms with Crippen LogP contribution in [0.1, 0.15) is 54.0 Å². The number of allylic oxidation sites excluding steroid dienone is 1. The van der Waals surface area contributed by atoms with Gasteiger partial charge >= 0.3 is 17.8 Å². The van der Waals surface area contributed by atoms with Gasteiger partial charge in [-0.1, -0.05) is 54.2 Å². The molecule has 0 spiro atoms. The number of aromatic nitrogens is 2. The second-order valence-corrected chi connectivity index (χ2v) is 18.8.